The van der Waals surface area contributed by atoms with Crippen LogP contribution in [0.4, 0.5) is 27.5 Å². The minimum atomic E-state index is -3.75. The van der Waals surface area contributed by atoms with Gasteiger partial charge < -0.3 is 23.8 Å². The molecule has 0 atom stereocenters. The average molecular weight is 2140 g/mol. The van der Waals surface area contributed by atoms with Crippen molar-refractivity contribution >= 4 is 170 Å². The van der Waals surface area contributed by atoms with Gasteiger partial charge in [-0.25, -0.2) is 75.4 Å². The van der Waals surface area contributed by atoms with Crippen molar-refractivity contribution in [1.82, 2.24) is 67.9 Å². The van der Waals surface area contributed by atoms with Crippen molar-refractivity contribution < 1.29 is 61.2 Å². The quantitative estimate of drug-likeness (QED) is 0.0436. The van der Waals surface area contributed by atoms with E-state index in [0.29, 0.717) is 99.7 Å². The minimum Gasteiger partial charge on any atom is -0.450 e. The molecule has 3 amide bonds. The third-order valence-electron chi connectivity index (χ3n) is 24.4. The molecule has 3 aliphatic rings. The Labute approximate surface area is 866 Å². The summed E-state index contributed by atoms with van der Waals surface area (Å²) < 4.78 is 148. The number of sulfone groups is 1. The summed E-state index contributed by atoms with van der Waals surface area (Å²) in [5, 5.41) is 14.9. The summed E-state index contributed by atoms with van der Waals surface area (Å²) in [4.78, 5) is 60.6. The summed E-state index contributed by atoms with van der Waals surface area (Å²) in [6.07, 6.45) is 23.9. The molecule has 0 bridgehead atoms. The Morgan fingerprint density at radius 1 is 0.347 bits per heavy atom. The van der Waals surface area contributed by atoms with E-state index in [2.05, 4.69) is 66.3 Å². The zero-order valence-electron chi connectivity index (χ0n) is 78.6. The van der Waals surface area contributed by atoms with E-state index in [1.165, 1.54) is 128 Å². The molecule has 0 spiro atoms. The molecule has 0 radical (unpaired) electrons. The van der Waals surface area contributed by atoms with Gasteiger partial charge in [-0.3, -0.25) is 33.5 Å². The first kappa shape index (κ1) is 102. The first-order chi connectivity index (χ1) is 70.6. The van der Waals surface area contributed by atoms with E-state index < -0.39 is 49.9 Å². The Kier molecular flexibility index (Phi) is 30.0. The Bertz CT molecular complexity index is 8700. The zero-order valence-corrected chi connectivity index (χ0v) is 85.7. The largest absolute Gasteiger partial charge is 0.450 e. The fraction of sp³-hybridized carbons (Fsp3) is 0.132. The van der Waals surface area contributed by atoms with E-state index >= 15 is 0 Å². The van der Waals surface area contributed by atoms with Crippen molar-refractivity contribution in [3.05, 3.63) is 372 Å². The molecule has 41 heteroatoms. The number of likely N-dealkylation sites (tertiary alicyclic amines) is 1. The summed E-state index contributed by atoms with van der Waals surface area (Å²) in [5.74, 6) is 0.233. The van der Waals surface area contributed by atoms with Gasteiger partial charge in [0.1, 0.15) is 19.0 Å². The molecule has 11 heterocycles. The molecule has 0 aliphatic carbocycles. The van der Waals surface area contributed by atoms with Crippen LogP contribution in [0.1, 0.15) is 61.0 Å². The Hall–Kier alpha value is -15.5. The second kappa shape index (κ2) is 43.5. The number of ether oxygens (including phenoxy) is 1. The summed E-state index contributed by atoms with van der Waals surface area (Å²) in [6.45, 7) is 8.06. The number of sulfonamides is 4. The topological polar surface area (TPSA) is 397 Å². The van der Waals surface area contributed by atoms with E-state index in [1.54, 1.807) is 116 Å². The highest BCUT2D eigenvalue weighted by Gasteiger charge is 2.28. The fourth-order valence-corrected chi connectivity index (χ4v) is 21.9. The van der Waals surface area contributed by atoms with Gasteiger partial charge in [0.05, 0.1) is 75.9 Å². The molecule has 3 aliphatic heterocycles. The summed E-state index contributed by atoms with van der Waals surface area (Å²) >= 11 is 23.4. The molecule has 0 unspecified atom stereocenters. The molecule has 21 rings (SSSR count). The summed E-state index contributed by atoms with van der Waals surface area (Å²) in [6, 6.07) is 74.3. The van der Waals surface area contributed by atoms with E-state index in [9.17, 15) is 56.5 Å². The molecule has 32 nitrogen and oxygen atoms in total. The van der Waals surface area contributed by atoms with E-state index in [1.807, 2.05) is 137 Å². The van der Waals surface area contributed by atoms with Crippen molar-refractivity contribution in [2.45, 2.75) is 64.0 Å². The minimum absolute atomic E-state index is 0.0666. The van der Waals surface area contributed by atoms with Gasteiger partial charge >= 0.3 is 6.09 Å². The maximum Gasteiger partial charge on any atom is 0.410 e. The number of nitrogens with zero attached hydrogens (tertiary/aromatic N) is 14. The lowest BCUT2D eigenvalue weighted by atomic mass is 10.0. The van der Waals surface area contributed by atoms with Crippen LogP contribution in [0.3, 0.4) is 0 Å². The lowest BCUT2D eigenvalue weighted by Gasteiger charge is -2.30. The number of benzene rings is 10. The second-order valence-electron chi connectivity index (χ2n) is 34.2. The number of aromatic nitrogens is 11. The Morgan fingerprint density at radius 3 is 1.00 bits per heavy atom. The maximum atomic E-state index is 12.7. The monoisotopic (exact) mass is 2140 g/mol. The van der Waals surface area contributed by atoms with Gasteiger partial charge in [-0.15, -0.1) is 0 Å². The van der Waals surface area contributed by atoms with Crippen LogP contribution in [0.2, 0.25) is 20.1 Å². The Morgan fingerprint density at radius 2 is 0.667 bits per heavy atom. The molecule has 746 valence electrons. The van der Waals surface area contributed by atoms with Gasteiger partial charge in [0.25, 0.3) is 46.0 Å². The molecule has 147 heavy (non-hydrogen) atoms. The third-order valence-corrected chi connectivity index (χ3v) is 32.2. The number of hydrogen-bond donors (Lipinski definition) is 4. The van der Waals surface area contributed by atoms with Gasteiger partial charge in [0.15, 0.2) is 9.84 Å². The van der Waals surface area contributed by atoms with Crippen LogP contribution in [-0.2, 0) is 59.5 Å². The Balaban J connectivity index is 0.000000128. The number of hydrogen-bond acceptors (Lipinski definition) is 21. The highest BCUT2D eigenvalue weighted by atomic mass is 35.5. The standard InChI is InChI=1S/C28H22ClN5O3S.C26H24ClN5O4S.C26H24ClN5O3S.C26H20ClN3O4S2/c29-23-8-12-25(13-9-23)38(36,37)32-24-10-6-20(7-11-24)27-26-16-22(17-34(26)31-18-30-27)19-2-4-21(5-3-19)28(35)33-14-1-15-33;1-2-36-26(33)31-13-11-18(12-14-31)20-15-24-25(28-17-29-32(24)16-20)19-3-7-22(8-4-19)30-37(34,35)23-9-5-21(27)6-10-23;1-2-25(33)31-13-11-18(12-14-31)20-15-24-26(28-17-29-32(24)16-20)19-3-7-22(8-4-19)30-36(34,35)23-9-5-21(27)6-10-23;1-35(31,32)23-10-4-18(5-11-23)20-16-25-26(28-14-15-30(25)17-20)19-2-8-22(9-3-19)29-36(33,34)24-12-6-21(27)7-13-24/h2-13,16-18,32H,1,14-15H2;3-11,15-17,30H,2,12-14H2,1H3;3-11,15-17,30H,2,12-14H2,1H3;2-17,29H,1H3. The molecule has 1 fully saturated rings. The number of carbonyl (C=O) groups is 3. The number of carbonyl (C=O) groups excluding carboxylic acids is 3. The molecule has 1 saturated heterocycles. The summed E-state index contributed by atoms with van der Waals surface area (Å²) in [5.41, 5.74) is 20.0. The predicted molar refractivity (Wildman–Crippen MR) is 570 cm³/mol. The lowest BCUT2D eigenvalue weighted by Crippen LogP contribution is -2.41. The van der Waals surface area contributed by atoms with Crippen LogP contribution in [0.5, 0.6) is 0 Å². The third kappa shape index (κ3) is 23.7. The van der Waals surface area contributed by atoms with E-state index in [4.69, 9.17) is 51.1 Å². The van der Waals surface area contributed by atoms with Gasteiger partial charge in [-0.2, -0.15) is 15.3 Å². The van der Waals surface area contributed by atoms with E-state index in [0.717, 1.165) is 126 Å². The highest BCUT2D eigenvalue weighted by molar-refractivity contribution is 7.93. The number of rotatable bonds is 24. The molecule has 0 saturated carbocycles. The van der Waals surface area contributed by atoms with Crippen LogP contribution >= 0.6 is 46.4 Å². The molecular formula is C106H90Cl4N18O14S5. The van der Waals surface area contributed by atoms with Crippen molar-refractivity contribution in [3.8, 4) is 67.3 Å². The molecule has 18 aromatic rings. The SMILES string of the molecule is CCC(=O)N1CC=C(c2cc3c(-c4ccc(NS(=O)(=O)c5ccc(Cl)cc5)cc4)ncnn3c2)CC1.CCOC(=O)N1CC=C(c2cc3c(-c4ccc(NS(=O)(=O)c5ccc(Cl)cc5)cc4)ncnn3c2)CC1.CS(=O)(=O)c1ccc(-c2cc3c(-c4ccc(NS(=O)(=O)c5ccc(Cl)cc5)cc4)nccn3c2)cc1.O=C(c1ccc(-c2cc3c(-c4ccc(NS(=O)(=O)c5ccc(Cl)cc5)cc4)ncnn3c2)cc1)N1CCC1. The number of halogens is 4. The summed E-state index contributed by atoms with van der Waals surface area (Å²) in [7, 11) is -18.2. The molecular weight excluding hydrogens is 2050 g/mol. The van der Waals surface area contributed by atoms with Gasteiger partial charge in [0, 0.05) is 171 Å². The normalized spacial score (nSPS) is 13.3. The first-order valence-corrected chi connectivity index (χ1v) is 55.3. The fourth-order valence-electron chi connectivity index (χ4n) is 16.6. The molecule has 8 aromatic heterocycles. The number of amides is 3. The number of nitrogens with one attached hydrogen (secondary N) is 4. The average Bonchev–Trinajstić information content (AvgIpc) is 1.64. The van der Waals surface area contributed by atoms with Gasteiger partial charge in [-0.05, 0) is 254 Å². The van der Waals surface area contributed by atoms with Crippen LogP contribution in [0, 0.1) is 0 Å². The van der Waals surface area contributed by atoms with Crippen LogP contribution in [0.25, 0.3) is 100 Å². The van der Waals surface area contributed by atoms with Crippen molar-refractivity contribution in [3.63, 3.8) is 0 Å². The van der Waals surface area contributed by atoms with Crippen LogP contribution in [-0.4, -0.2) is 180 Å². The smallest absolute Gasteiger partial charge is 0.410 e. The van der Waals surface area contributed by atoms with Crippen LogP contribution < -0.4 is 18.9 Å². The van der Waals surface area contributed by atoms with Gasteiger partial charge in [-0.1, -0.05) is 138 Å². The van der Waals surface area contributed by atoms with Crippen LogP contribution in [0.15, 0.2) is 360 Å². The van der Waals surface area contributed by atoms with E-state index in [-0.39, 0.29) is 42.4 Å². The van der Waals surface area contributed by atoms with Crippen molar-refractivity contribution in [2.75, 3.05) is 71.0 Å². The molecule has 10 aromatic carbocycles. The highest BCUT2D eigenvalue weighted by Crippen LogP contribution is 2.38. The maximum absolute atomic E-state index is 12.7. The van der Waals surface area contributed by atoms with Crippen molar-refractivity contribution in [1.29, 1.82) is 0 Å². The van der Waals surface area contributed by atoms with Crippen molar-refractivity contribution in [2.24, 2.45) is 0 Å². The first-order valence-electron chi connectivity index (χ1n) is 46.0. The molecule has 4 N–H and O–H groups in total. The predicted octanol–water partition coefficient (Wildman–Crippen LogP) is 20.9. The number of anilines is 4. The zero-order chi connectivity index (χ0) is 103. The number of fused-ring (bicyclic) bond motifs is 4. The lowest BCUT2D eigenvalue weighted by molar-refractivity contribution is -0.130. The van der Waals surface area contributed by atoms with Gasteiger partial charge in [0.2, 0.25) is 5.91 Å². The second-order valence-corrected chi connectivity index (χ2v) is 44.7.